The van der Waals surface area contributed by atoms with E-state index in [2.05, 4.69) is 6.92 Å². The molecule has 4 heteroatoms. The van der Waals surface area contributed by atoms with Crippen LogP contribution >= 0.6 is 11.8 Å². The molecule has 2 rings (SSSR count). The zero-order valence-corrected chi connectivity index (χ0v) is 9.67. The van der Waals surface area contributed by atoms with Crippen LogP contribution in [0.25, 0.3) is 0 Å². The lowest BCUT2D eigenvalue weighted by molar-refractivity contribution is 0.0982. The van der Waals surface area contributed by atoms with E-state index in [1.807, 2.05) is 6.07 Å². The second-order valence-electron chi connectivity index (χ2n) is 3.70. The molecule has 2 heterocycles. The molecule has 1 fully saturated rings. The number of rotatable bonds is 3. The van der Waals surface area contributed by atoms with E-state index < -0.39 is 0 Å². The highest BCUT2D eigenvalue weighted by molar-refractivity contribution is 7.99. The largest absolute Gasteiger partial charge is 0.447 e. The van der Waals surface area contributed by atoms with Gasteiger partial charge in [-0.1, -0.05) is 11.8 Å². The number of ether oxygens (including phenoxy) is 1. The molecule has 0 spiro atoms. The lowest BCUT2D eigenvalue weighted by atomic mass is 10.3. The fourth-order valence-corrected chi connectivity index (χ4v) is 2.66. The van der Waals surface area contributed by atoms with Crippen molar-refractivity contribution in [1.29, 1.82) is 0 Å². The highest BCUT2D eigenvalue weighted by Gasteiger charge is 2.26. The Morgan fingerprint density at radius 3 is 2.87 bits per heavy atom. The Labute approximate surface area is 93.2 Å². The summed E-state index contributed by atoms with van der Waals surface area (Å²) < 4.78 is 10.9. The van der Waals surface area contributed by atoms with Gasteiger partial charge in [0.25, 0.3) is 0 Å². The highest BCUT2D eigenvalue weighted by atomic mass is 32.2. The molecule has 0 N–H and O–H groups in total. The molecule has 1 aliphatic heterocycles. The molecule has 0 amide bonds. The van der Waals surface area contributed by atoms with Crippen molar-refractivity contribution in [3.8, 4) is 0 Å². The number of ketones is 1. The standard InChI is InChI=1S/C11H14O3S/c1-7(12)9-3-4-11(14-9)15-10-5-6-13-8(10)2/h3-4,8,10H,5-6H2,1-2H3. The van der Waals surface area contributed by atoms with Gasteiger partial charge in [-0.05, 0) is 25.5 Å². The molecule has 0 aliphatic carbocycles. The monoisotopic (exact) mass is 226 g/mol. The Hall–Kier alpha value is -0.740. The Kier molecular flexibility index (Phi) is 3.17. The topological polar surface area (TPSA) is 39.4 Å². The second-order valence-corrected chi connectivity index (χ2v) is 4.94. The lowest BCUT2D eigenvalue weighted by Gasteiger charge is -2.10. The maximum absolute atomic E-state index is 11.0. The molecule has 82 valence electrons. The van der Waals surface area contributed by atoms with Crippen LogP contribution in [0.2, 0.25) is 0 Å². The molecule has 2 atom stereocenters. The first kappa shape index (κ1) is 10.8. The van der Waals surface area contributed by atoms with Crippen LogP contribution in [0.3, 0.4) is 0 Å². The van der Waals surface area contributed by atoms with Gasteiger partial charge in [0, 0.05) is 18.8 Å². The van der Waals surface area contributed by atoms with Gasteiger partial charge in [-0.25, -0.2) is 0 Å². The molecule has 1 aliphatic rings. The summed E-state index contributed by atoms with van der Waals surface area (Å²) in [5.74, 6) is 0.404. The van der Waals surface area contributed by atoms with Gasteiger partial charge in [0.1, 0.15) is 0 Å². The summed E-state index contributed by atoms with van der Waals surface area (Å²) in [6.45, 7) is 4.40. The van der Waals surface area contributed by atoms with Crippen molar-refractivity contribution in [1.82, 2.24) is 0 Å². The average Bonchev–Trinajstić information content (AvgIpc) is 2.77. The van der Waals surface area contributed by atoms with E-state index in [1.54, 1.807) is 17.8 Å². The predicted octanol–water partition coefficient (Wildman–Crippen LogP) is 2.75. The van der Waals surface area contributed by atoms with Gasteiger partial charge in [0.15, 0.2) is 16.6 Å². The van der Waals surface area contributed by atoms with Crippen molar-refractivity contribution in [2.24, 2.45) is 0 Å². The highest BCUT2D eigenvalue weighted by Crippen LogP contribution is 2.33. The molecule has 2 unspecified atom stereocenters. The summed E-state index contributed by atoms with van der Waals surface area (Å²) in [6, 6.07) is 3.58. The summed E-state index contributed by atoms with van der Waals surface area (Å²) in [7, 11) is 0. The zero-order chi connectivity index (χ0) is 10.8. The predicted molar refractivity (Wildman–Crippen MR) is 58.4 cm³/mol. The third-order valence-electron chi connectivity index (χ3n) is 2.50. The average molecular weight is 226 g/mol. The van der Waals surface area contributed by atoms with Crippen LogP contribution in [0.4, 0.5) is 0 Å². The number of Topliss-reactive ketones (excluding diaryl/α,β-unsaturated/α-hetero) is 1. The lowest BCUT2D eigenvalue weighted by Crippen LogP contribution is -2.12. The number of carbonyl (C=O) groups excluding carboxylic acids is 1. The molecule has 0 aromatic carbocycles. The molecular formula is C11H14O3S. The first-order valence-electron chi connectivity index (χ1n) is 5.06. The van der Waals surface area contributed by atoms with Crippen molar-refractivity contribution in [3.05, 3.63) is 17.9 Å². The van der Waals surface area contributed by atoms with Crippen molar-refractivity contribution in [2.75, 3.05) is 6.61 Å². The van der Waals surface area contributed by atoms with Gasteiger partial charge < -0.3 is 9.15 Å². The van der Waals surface area contributed by atoms with E-state index in [9.17, 15) is 4.79 Å². The zero-order valence-electron chi connectivity index (χ0n) is 8.86. The molecule has 15 heavy (non-hydrogen) atoms. The number of furan rings is 1. The molecule has 0 saturated carbocycles. The Bertz CT molecular complexity index is 358. The molecule has 0 bridgehead atoms. The molecule has 3 nitrogen and oxygen atoms in total. The van der Waals surface area contributed by atoms with Gasteiger partial charge in [0.05, 0.1) is 6.10 Å². The smallest absolute Gasteiger partial charge is 0.194 e. The fourth-order valence-electron chi connectivity index (χ4n) is 1.59. The molecule has 1 saturated heterocycles. The molecular weight excluding hydrogens is 212 g/mol. The van der Waals surface area contributed by atoms with E-state index in [1.165, 1.54) is 6.92 Å². The van der Waals surface area contributed by atoms with E-state index >= 15 is 0 Å². The van der Waals surface area contributed by atoms with Crippen molar-refractivity contribution in [3.63, 3.8) is 0 Å². The normalized spacial score (nSPS) is 25.7. The number of hydrogen-bond acceptors (Lipinski definition) is 4. The summed E-state index contributed by atoms with van der Waals surface area (Å²) in [6.07, 6.45) is 1.31. The summed E-state index contributed by atoms with van der Waals surface area (Å²) >= 11 is 1.65. The number of carbonyl (C=O) groups is 1. The van der Waals surface area contributed by atoms with Gasteiger partial charge in [-0.15, -0.1) is 0 Å². The maximum Gasteiger partial charge on any atom is 0.194 e. The summed E-state index contributed by atoms with van der Waals surface area (Å²) in [5, 5.41) is 1.25. The second kappa shape index (κ2) is 4.41. The van der Waals surface area contributed by atoms with Crippen LogP contribution in [0.1, 0.15) is 30.8 Å². The van der Waals surface area contributed by atoms with E-state index in [0.717, 1.165) is 18.1 Å². The van der Waals surface area contributed by atoms with Crippen LogP contribution in [0.15, 0.2) is 21.6 Å². The van der Waals surface area contributed by atoms with Crippen LogP contribution in [-0.4, -0.2) is 23.7 Å². The Morgan fingerprint density at radius 1 is 1.53 bits per heavy atom. The van der Waals surface area contributed by atoms with Crippen molar-refractivity contribution < 1.29 is 13.9 Å². The van der Waals surface area contributed by atoms with Crippen molar-refractivity contribution >= 4 is 17.5 Å². The summed E-state index contributed by atoms with van der Waals surface area (Å²) in [4.78, 5) is 11.0. The quantitative estimate of drug-likeness (QED) is 0.743. The van der Waals surface area contributed by atoms with E-state index in [-0.39, 0.29) is 11.9 Å². The minimum Gasteiger partial charge on any atom is -0.447 e. The van der Waals surface area contributed by atoms with Gasteiger partial charge >= 0.3 is 0 Å². The number of thioether (sulfide) groups is 1. The third kappa shape index (κ3) is 2.44. The van der Waals surface area contributed by atoms with Gasteiger partial charge in [-0.2, -0.15) is 0 Å². The number of hydrogen-bond donors (Lipinski definition) is 0. The Morgan fingerprint density at radius 2 is 2.33 bits per heavy atom. The third-order valence-corrected chi connectivity index (χ3v) is 3.88. The Balaban J connectivity index is 2.01. The first-order chi connectivity index (χ1) is 7.16. The van der Waals surface area contributed by atoms with E-state index in [0.29, 0.717) is 11.0 Å². The van der Waals surface area contributed by atoms with Gasteiger partial charge in [-0.3, -0.25) is 4.79 Å². The van der Waals surface area contributed by atoms with Gasteiger partial charge in [0.2, 0.25) is 0 Å². The van der Waals surface area contributed by atoms with Crippen LogP contribution in [0.5, 0.6) is 0 Å². The molecule has 0 radical (unpaired) electrons. The van der Waals surface area contributed by atoms with Crippen molar-refractivity contribution in [2.45, 2.75) is 36.7 Å². The molecule has 1 aromatic heterocycles. The molecule has 1 aromatic rings. The van der Waals surface area contributed by atoms with Crippen LogP contribution in [-0.2, 0) is 4.74 Å². The minimum atomic E-state index is -0.0300. The van der Waals surface area contributed by atoms with E-state index in [4.69, 9.17) is 9.15 Å². The minimum absolute atomic E-state index is 0.0300. The SMILES string of the molecule is CC(=O)c1ccc(SC2CCOC2C)o1. The summed E-state index contributed by atoms with van der Waals surface area (Å²) in [5.41, 5.74) is 0. The van der Waals surface area contributed by atoms with Crippen LogP contribution in [0, 0.1) is 0 Å². The first-order valence-corrected chi connectivity index (χ1v) is 5.94. The maximum atomic E-state index is 11.0. The van der Waals surface area contributed by atoms with Crippen LogP contribution < -0.4 is 0 Å². The fraction of sp³-hybridized carbons (Fsp3) is 0.545.